The van der Waals surface area contributed by atoms with E-state index in [1.165, 1.54) is 0 Å². The zero-order valence-corrected chi connectivity index (χ0v) is 11.9. The molecule has 20 heavy (non-hydrogen) atoms. The lowest BCUT2D eigenvalue weighted by atomic mass is 10.2. The van der Waals surface area contributed by atoms with E-state index in [-0.39, 0.29) is 24.3 Å². The summed E-state index contributed by atoms with van der Waals surface area (Å²) in [5.41, 5.74) is 1.12. The second-order valence-electron chi connectivity index (χ2n) is 4.91. The van der Waals surface area contributed by atoms with Crippen molar-refractivity contribution in [2.45, 2.75) is 46.1 Å². The second kappa shape index (κ2) is 5.81. The van der Waals surface area contributed by atoms with Crippen LogP contribution in [0.25, 0.3) is 0 Å². The van der Waals surface area contributed by atoms with Gasteiger partial charge in [-0.05, 0) is 13.8 Å². The first-order valence-electron chi connectivity index (χ1n) is 6.38. The van der Waals surface area contributed by atoms with Crippen LogP contribution in [-0.2, 0) is 11.2 Å². The third-order valence-corrected chi connectivity index (χ3v) is 2.80. The number of rotatable bonds is 5. The van der Waals surface area contributed by atoms with E-state index in [0.29, 0.717) is 23.1 Å². The van der Waals surface area contributed by atoms with E-state index in [1.54, 1.807) is 13.8 Å². The predicted octanol–water partition coefficient (Wildman–Crippen LogP) is 1.30. The highest BCUT2D eigenvalue weighted by Gasteiger charge is 2.19. The van der Waals surface area contributed by atoms with Gasteiger partial charge in [0.1, 0.15) is 17.4 Å². The highest BCUT2D eigenvalue weighted by molar-refractivity contribution is 5.78. The summed E-state index contributed by atoms with van der Waals surface area (Å²) in [4.78, 5) is 16.1. The highest BCUT2D eigenvalue weighted by Crippen LogP contribution is 2.15. The molecule has 8 nitrogen and oxygen atoms in total. The molecule has 0 bridgehead atoms. The molecule has 1 atom stereocenters. The van der Waals surface area contributed by atoms with Gasteiger partial charge in [-0.1, -0.05) is 29.3 Å². The topological polar surface area (TPSA) is 107 Å². The molecule has 2 aromatic heterocycles. The molecular formula is C12H17N5O3. The SMILES string of the molecule is Cc1nonc1CC(=O)N[C@H](C)c1nc(C(C)C)no1. The first-order valence-corrected chi connectivity index (χ1v) is 6.38. The van der Waals surface area contributed by atoms with Gasteiger partial charge in [-0.25, -0.2) is 4.63 Å². The molecule has 0 spiro atoms. The molecular weight excluding hydrogens is 262 g/mol. The number of amides is 1. The molecule has 0 aliphatic carbocycles. The van der Waals surface area contributed by atoms with Gasteiger partial charge in [-0.3, -0.25) is 4.79 Å². The maximum absolute atomic E-state index is 11.9. The fourth-order valence-electron chi connectivity index (χ4n) is 1.57. The summed E-state index contributed by atoms with van der Waals surface area (Å²) in [5, 5.41) is 13.9. The zero-order chi connectivity index (χ0) is 14.7. The van der Waals surface area contributed by atoms with E-state index in [2.05, 4.69) is 30.4 Å². The number of aromatic nitrogens is 4. The number of nitrogens with zero attached hydrogens (tertiary/aromatic N) is 4. The Morgan fingerprint density at radius 3 is 2.55 bits per heavy atom. The van der Waals surface area contributed by atoms with E-state index in [1.807, 2.05) is 13.8 Å². The van der Waals surface area contributed by atoms with Gasteiger partial charge in [0.05, 0.1) is 6.42 Å². The Bertz CT molecular complexity index is 589. The van der Waals surface area contributed by atoms with Gasteiger partial charge in [-0.2, -0.15) is 4.98 Å². The summed E-state index contributed by atoms with van der Waals surface area (Å²) in [6.07, 6.45) is 0.102. The minimum Gasteiger partial charge on any atom is -0.344 e. The average Bonchev–Trinajstić information content (AvgIpc) is 2.99. The molecule has 0 radical (unpaired) electrons. The van der Waals surface area contributed by atoms with Crippen LogP contribution in [0.3, 0.4) is 0 Å². The predicted molar refractivity (Wildman–Crippen MR) is 67.7 cm³/mol. The van der Waals surface area contributed by atoms with Gasteiger partial charge in [0.15, 0.2) is 5.82 Å². The number of carbonyl (C=O) groups excluding carboxylic acids is 1. The smallest absolute Gasteiger partial charge is 0.248 e. The molecule has 0 aliphatic heterocycles. The van der Waals surface area contributed by atoms with Crippen molar-refractivity contribution in [2.75, 3.05) is 0 Å². The molecule has 2 heterocycles. The summed E-state index contributed by atoms with van der Waals surface area (Å²) in [7, 11) is 0. The molecule has 1 amide bonds. The molecule has 0 aliphatic rings. The van der Waals surface area contributed by atoms with Crippen molar-refractivity contribution in [1.82, 2.24) is 25.8 Å². The quantitative estimate of drug-likeness (QED) is 0.878. The van der Waals surface area contributed by atoms with Gasteiger partial charge < -0.3 is 9.84 Å². The van der Waals surface area contributed by atoms with E-state index in [9.17, 15) is 4.79 Å². The minimum absolute atomic E-state index is 0.102. The van der Waals surface area contributed by atoms with Gasteiger partial charge in [0.2, 0.25) is 11.8 Å². The summed E-state index contributed by atoms with van der Waals surface area (Å²) in [5.74, 6) is 0.981. The van der Waals surface area contributed by atoms with Gasteiger partial charge in [0, 0.05) is 5.92 Å². The Balaban J connectivity index is 1.95. The second-order valence-corrected chi connectivity index (χ2v) is 4.91. The van der Waals surface area contributed by atoms with Crippen LogP contribution in [0.5, 0.6) is 0 Å². The third kappa shape index (κ3) is 3.19. The van der Waals surface area contributed by atoms with Crippen molar-refractivity contribution >= 4 is 5.91 Å². The van der Waals surface area contributed by atoms with Gasteiger partial charge >= 0.3 is 0 Å². The van der Waals surface area contributed by atoms with Crippen LogP contribution in [-0.4, -0.2) is 26.4 Å². The first kappa shape index (κ1) is 14.2. The number of aryl methyl sites for hydroxylation is 1. The van der Waals surface area contributed by atoms with E-state index in [4.69, 9.17) is 4.52 Å². The van der Waals surface area contributed by atoms with Crippen LogP contribution in [0.15, 0.2) is 9.15 Å². The van der Waals surface area contributed by atoms with Crippen LogP contribution in [0.1, 0.15) is 55.8 Å². The van der Waals surface area contributed by atoms with Gasteiger partial charge in [0.25, 0.3) is 0 Å². The fourth-order valence-corrected chi connectivity index (χ4v) is 1.57. The Kier molecular flexibility index (Phi) is 4.11. The van der Waals surface area contributed by atoms with Crippen molar-refractivity contribution in [1.29, 1.82) is 0 Å². The maximum atomic E-state index is 11.9. The van der Waals surface area contributed by atoms with Crippen LogP contribution < -0.4 is 5.32 Å². The molecule has 0 saturated heterocycles. The van der Waals surface area contributed by atoms with Crippen LogP contribution in [0.2, 0.25) is 0 Å². The molecule has 0 unspecified atom stereocenters. The number of carbonyl (C=O) groups is 1. The third-order valence-electron chi connectivity index (χ3n) is 2.80. The van der Waals surface area contributed by atoms with Crippen molar-refractivity contribution in [3.63, 3.8) is 0 Å². The largest absolute Gasteiger partial charge is 0.344 e. The van der Waals surface area contributed by atoms with Crippen molar-refractivity contribution in [2.24, 2.45) is 0 Å². The Hall–Kier alpha value is -2.25. The molecule has 0 aromatic carbocycles. The van der Waals surface area contributed by atoms with Crippen molar-refractivity contribution in [3.05, 3.63) is 23.1 Å². The lowest BCUT2D eigenvalue weighted by molar-refractivity contribution is -0.121. The highest BCUT2D eigenvalue weighted by atomic mass is 16.6. The minimum atomic E-state index is -0.359. The lowest BCUT2D eigenvalue weighted by Gasteiger charge is -2.08. The van der Waals surface area contributed by atoms with Crippen molar-refractivity contribution < 1.29 is 13.9 Å². The summed E-state index contributed by atoms with van der Waals surface area (Å²) < 4.78 is 9.67. The molecule has 1 N–H and O–H groups in total. The van der Waals surface area contributed by atoms with E-state index in [0.717, 1.165) is 0 Å². The first-order chi connectivity index (χ1) is 9.47. The Morgan fingerprint density at radius 1 is 1.25 bits per heavy atom. The van der Waals surface area contributed by atoms with Crippen LogP contribution in [0, 0.1) is 6.92 Å². The normalized spacial score (nSPS) is 12.7. The summed E-state index contributed by atoms with van der Waals surface area (Å²) >= 11 is 0. The number of hydrogen-bond acceptors (Lipinski definition) is 7. The molecule has 2 rings (SSSR count). The molecule has 8 heteroatoms. The van der Waals surface area contributed by atoms with E-state index < -0.39 is 0 Å². The molecule has 0 fully saturated rings. The van der Waals surface area contributed by atoms with Crippen molar-refractivity contribution in [3.8, 4) is 0 Å². The lowest BCUT2D eigenvalue weighted by Crippen LogP contribution is -2.28. The number of nitrogens with one attached hydrogen (secondary N) is 1. The van der Waals surface area contributed by atoms with Crippen LogP contribution >= 0.6 is 0 Å². The summed E-state index contributed by atoms with van der Waals surface area (Å²) in [6, 6.07) is -0.359. The van der Waals surface area contributed by atoms with E-state index >= 15 is 0 Å². The van der Waals surface area contributed by atoms with Crippen LogP contribution in [0.4, 0.5) is 0 Å². The molecule has 2 aromatic rings. The summed E-state index contributed by atoms with van der Waals surface area (Å²) in [6.45, 7) is 7.45. The number of hydrogen-bond donors (Lipinski definition) is 1. The molecule has 108 valence electrons. The Morgan fingerprint density at radius 2 is 2.00 bits per heavy atom. The Labute approximate surface area is 115 Å². The average molecular weight is 279 g/mol. The monoisotopic (exact) mass is 279 g/mol. The standard InChI is InChI=1S/C12H17N5O3/c1-6(2)11-14-12(19-17-11)8(4)13-10(18)5-9-7(3)15-20-16-9/h6,8H,5H2,1-4H3,(H,13,18)/t8-/m1/s1. The van der Waals surface area contributed by atoms with Gasteiger partial charge in [-0.15, -0.1) is 0 Å². The maximum Gasteiger partial charge on any atom is 0.248 e. The molecule has 0 saturated carbocycles. The zero-order valence-electron chi connectivity index (χ0n) is 11.9. The fraction of sp³-hybridized carbons (Fsp3) is 0.583.